The highest BCUT2D eigenvalue weighted by Crippen LogP contribution is 2.41. The van der Waals surface area contributed by atoms with Crippen molar-refractivity contribution in [3.05, 3.63) is 94.9 Å². The number of benzene rings is 3. The number of methoxy groups -OCH3 is 1. The third-order valence-corrected chi connectivity index (χ3v) is 7.75. The second kappa shape index (κ2) is 13.2. The Kier molecular flexibility index (Phi) is 9.01. The van der Waals surface area contributed by atoms with E-state index in [9.17, 15) is 24.8 Å². The van der Waals surface area contributed by atoms with Crippen molar-refractivity contribution in [1.82, 2.24) is 15.8 Å². The third-order valence-electron chi connectivity index (χ3n) is 7.75. The zero-order valence-corrected chi connectivity index (χ0v) is 23.8. The molecular weight excluding hydrogens is 563 g/mol. The quantitative estimate of drug-likeness (QED) is 0.165. The number of nitrogens with one attached hydrogen (secondary N) is 2. The Hall–Kier alpha value is -5.49. The summed E-state index contributed by atoms with van der Waals surface area (Å²) in [6.45, 7) is 1.85. The lowest BCUT2D eigenvalue weighted by Crippen LogP contribution is -2.42. The Morgan fingerprint density at radius 1 is 1.07 bits per heavy atom. The van der Waals surface area contributed by atoms with Crippen molar-refractivity contribution in [2.45, 2.75) is 25.4 Å². The maximum atomic E-state index is 14.8. The largest absolute Gasteiger partial charge is 0.504 e. The fraction of sp³-hybridized carbons (Fsp3) is 0.212. The molecule has 0 bridgehead atoms. The van der Waals surface area contributed by atoms with Crippen LogP contribution in [0.1, 0.15) is 39.9 Å². The monoisotopic (exact) mass is 592 g/mol. The zero-order chi connectivity index (χ0) is 31.2. The molecule has 0 saturated carbocycles. The third kappa shape index (κ3) is 6.15. The van der Waals surface area contributed by atoms with Crippen molar-refractivity contribution in [1.29, 1.82) is 10.5 Å². The number of pyridine rings is 1. The number of nitrogens with zero attached hydrogens (tertiary/aromatic N) is 4. The van der Waals surface area contributed by atoms with Gasteiger partial charge in [-0.1, -0.05) is 24.3 Å². The lowest BCUT2D eigenvalue weighted by atomic mass is 9.91. The summed E-state index contributed by atoms with van der Waals surface area (Å²) in [5.41, 5.74) is 5.08. The molecule has 11 heteroatoms. The number of aromatic hydroxyl groups is 1. The average molecular weight is 593 g/mol. The number of piperidine rings is 1. The van der Waals surface area contributed by atoms with Crippen LogP contribution >= 0.6 is 0 Å². The molecule has 1 aliphatic rings. The van der Waals surface area contributed by atoms with E-state index in [1.807, 2.05) is 23.1 Å². The predicted molar refractivity (Wildman–Crippen MR) is 160 cm³/mol. The number of hydroxylamine groups is 1. The molecule has 0 spiro atoms. The maximum absolute atomic E-state index is 14.8. The first-order chi connectivity index (χ1) is 21.4. The number of carbonyl (C=O) groups excluding carboxylic acids is 1. The number of anilines is 1. The number of hydrogen-bond donors (Lipinski definition) is 4. The Balaban J connectivity index is 1.41. The van der Waals surface area contributed by atoms with E-state index < -0.39 is 11.7 Å². The van der Waals surface area contributed by atoms with E-state index in [1.165, 1.54) is 25.3 Å². The van der Waals surface area contributed by atoms with Crippen LogP contribution < -0.4 is 20.4 Å². The standard InChI is InChI=1S/C33H29FN6O4/c1-44-30-9-8-22(15-29(30)41)27-19-38-32(26(17-36)31(27)23-6-7-24(16-35)28(34)14-23)40-12-10-25(11-13-40)37-18-20-2-4-21(5-3-20)33(42)39-43/h2-9,14-15,19,25,37,41,43H,10-13,18H2,1H3,(H,39,42). The second-order valence-corrected chi connectivity index (χ2v) is 10.3. The van der Waals surface area contributed by atoms with Crippen LogP contribution in [0.2, 0.25) is 0 Å². The molecule has 4 aromatic rings. The molecule has 0 atom stereocenters. The molecular formula is C33H29FN6O4. The summed E-state index contributed by atoms with van der Waals surface area (Å²) >= 11 is 0. The molecule has 0 aliphatic carbocycles. The topological polar surface area (TPSA) is 155 Å². The number of nitriles is 2. The fourth-order valence-electron chi connectivity index (χ4n) is 5.38. The number of aromatic nitrogens is 1. The van der Waals surface area contributed by atoms with E-state index >= 15 is 0 Å². The summed E-state index contributed by atoms with van der Waals surface area (Å²) in [5, 5.41) is 42.4. The number of hydrogen-bond acceptors (Lipinski definition) is 9. The second-order valence-electron chi connectivity index (χ2n) is 10.3. The molecule has 0 unspecified atom stereocenters. The van der Waals surface area contributed by atoms with Gasteiger partial charge in [0.15, 0.2) is 11.5 Å². The van der Waals surface area contributed by atoms with Crippen molar-refractivity contribution in [2.75, 3.05) is 25.1 Å². The van der Waals surface area contributed by atoms with Gasteiger partial charge >= 0.3 is 0 Å². The number of ether oxygens (including phenoxy) is 1. The van der Waals surface area contributed by atoms with Crippen LogP contribution in [0.25, 0.3) is 22.3 Å². The van der Waals surface area contributed by atoms with Crippen LogP contribution in [0.3, 0.4) is 0 Å². The Morgan fingerprint density at radius 2 is 1.80 bits per heavy atom. The molecule has 3 aromatic carbocycles. The average Bonchev–Trinajstić information content (AvgIpc) is 3.06. The highest BCUT2D eigenvalue weighted by atomic mass is 19.1. The molecule has 1 amide bonds. The number of rotatable bonds is 8. The molecule has 10 nitrogen and oxygen atoms in total. The van der Waals surface area contributed by atoms with Gasteiger partial charge in [-0.05, 0) is 65.9 Å². The zero-order valence-electron chi connectivity index (χ0n) is 23.8. The SMILES string of the molecule is COc1ccc(-c2cnc(N3CCC(NCc4ccc(C(=O)NO)cc4)CC3)c(C#N)c2-c2ccc(C#N)c(F)c2)cc1O. The van der Waals surface area contributed by atoms with Gasteiger partial charge in [-0.25, -0.2) is 14.9 Å². The number of amides is 1. The van der Waals surface area contributed by atoms with Crippen LogP contribution in [0.5, 0.6) is 11.5 Å². The molecule has 5 rings (SSSR count). The van der Waals surface area contributed by atoms with E-state index in [0.29, 0.717) is 53.3 Å². The van der Waals surface area contributed by atoms with Crippen molar-refractivity contribution >= 4 is 11.7 Å². The van der Waals surface area contributed by atoms with Gasteiger partial charge in [0.2, 0.25) is 0 Å². The Bertz CT molecular complexity index is 1770. The molecule has 0 radical (unpaired) electrons. The summed E-state index contributed by atoms with van der Waals surface area (Å²) in [7, 11) is 1.45. The molecule has 4 N–H and O–H groups in total. The molecule has 1 fully saturated rings. The summed E-state index contributed by atoms with van der Waals surface area (Å²) < 4.78 is 20.0. The van der Waals surface area contributed by atoms with Gasteiger partial charge < -0.3 is 20.1 Å². The van der Waals surface area contributed by atoms with Crippen molar-refractivity contribution in [2.24, 2.45) is 0 Å². The van der Waals surface area contributed by atoms with Gasteiger partial charge in [-0.15, -0.1) is 0 Å². The number of phenolic OH excluding ortho intramolecular Hbond substituents is 1. The van der Waals surface area contributed by atoms with Crippen LogP contribution in [0.4, 0.5) is 10.2 Å². The molecule has 1 aliphatic heterocycles. The highest BCUT2D eigenvalue weighted by molar-refractivity contribution is 5.93. The number of carbonyl (C=O) groups is 1. The fourth-order valence-corrected chi connectivity index (χ4v) is 5.38. The molecule has 1 aromatic heterocycles. The first kappa shape index (κ1) is 30.0. The summed E-state index contributed by atoms with van der Waals surface area (Å²) in [6.07, 6.45) is 3.19. The minimum absolute atomic E-state index is 0.0919. The lowest BCUT2D eigenvalue weighted by Gasteiger charge is -2.34. The predicted octanol–water partition coefficient (Wildman–Crippen LogP) is 4.89. The van der Waals surface area contributed by atoms with Gasteiger partial charge in [-0.3, -0.25) is 10.0 Å². The summed E-state index contributed by atoms with van der Waals surface area (Å²) in [5.74, 6) is -0.595. The van der Waals surface area contributed by atoms with Crippen LogP contribution in [0, 0.1) is 28.5 Å². The number of halogens is 1. The van der Waals surface area contributed by atoms with Crippen LogP contribution in [-0.4, -0.2) is 47.4 Å². The first-order valence-electron chi connectivity index (χ1n) is 13.9. The van der Waals surface area contributed by atoms with E-state index in [0.717, 1.165) is 18.4 Å². The van der Waals surface area contributed by atoms with E-state index in [2.05, 4.69) is 16.4 Å². The highest BCUT2D eigenvalue weighted by Gasteiger charge is 2.26. The van der Waals surface area contributed by atoms with Crippen molar-refractivity contribution in [3.63, 3.8) is 0 Å². The lowest BCUT2D eigenvalue weighted by molar-refractivity contribution is 0.0706. The van der Waals surface area contributed by atoms with Gasteiger partial charge in [0.1, 0.15) is 29.3 Å². The maximum Gasteiger partial charge on any atom is 0.274 e. The van der Waals surface area contributed by atoms with Crippen molar-refractivity contribution in [3.8, 4) is 45.9 Å². The van der Waals surface area contributed by atoms with Gasteiger partial charge in [0.25, 0.3) is 5.91 Å². The molecule has 2 heterocycles. The summed E-state index contributed by atoms with van der Waals surface area (Å²) in [4.78, 5) is 18.3. The molecule has 222 valence electrons. The minimum atomic E-state index is -0.700. The van der Waals surface area contributed by atoms with E-state index in [1.54, 1.807) is 42.0 Å². The number of phenols is 1. The van der Waals surface area contributed by atoms with Gasteiger partial charge in [0.05, 0.1) is 12.7 Å². The normalized spacial score (nSPS) is 13.2. The smallest absolute Gasteiger partial charge is 0.274 e. The van der Waals surface area contributed by atoms with Gasteiger partial charge in [0, 0.05) is 48.6 Å². The van der Waals surface area contributed by atoms with Crippen molar-refractivity contribution < 1.29 is 24.2 Å². The van der Waals surface area contributed by atoms with Crippen LogP contribution in [0.15, 0.2) is 66.9 Å². The van der Waals surface area contributed by atoms with Crippen LogP contribution in [-0.2, 0) is 6.54 Å². The first-order valence-corrected chi connectivity index (χ1v) is 13.9. The van der Waals surface area contributed by atoms with E-state index in [4.69, 9.17) is 9.94 Å². The van der Waals surface area contributed by atoms with Gasteiger partial charge in [-0.2, -0.15) is 10.5 Å². The Morgan fingerprint density at radius 3 is 2.41 bits per heavy atom. The summed E-state index contributed by atoms with van der Waals surface area (Å²) in [6, 6.07) is 20.3. The van der Waals surface area contributed by atoms with E-state index in [-0.39, 0.29) is 28.7 Å². The Labute approximate surface area is 253 Å². The minimum Gasteiger partial charge on any atom is -0.504 e. The molecule has 44 heavy (non-hydrogen) atoms. The molecule has 1 saturated heterocycles.